The quantitative estimate of drug-likeness (QED) is 0.766. The molecule has 2 heterocycles. The molecule has 0 spiro atoms. The number of rotatable bonds is 3. The smallest absolute Gasteiger partial charge is 0.229 e. The third-order valence-electron chi connectivity index (χ3n) is 7.86. The molecule has 0 aromatic rings. The van der Waals surface area contributed by atoms with Crippen LogP contribution in [0.15, 0.2) is 0 Å². The lowest BCUT2D eigenvalue weighted by molar-refractivity contribution is -0.160. The predicted octanol–water partition coefficient (Wildman–Crippen LogP) is 3.63. The lowest BCUT2D eigenvalue weighted by Gasteiger charge is -2.57. The van der Waals surface area contributed by atoms with Gasteiger partial charge < -0.3 is 9.80 Å². The fourth-order valence-corrected chi connectivity index (χ4v) is 8.25. The van der Waals surface area contributed by atoms with Gasteiger partial charge in [-0.15, -0.1) is 0 Å². The molecular formula is C21H34N2OS. The second-order valence-electron chi connectivity index (χ2n) is 9.79. The second kappa shape index (κ2) is 6.74. The maximum Gasteiger partial charge on any atom is 0.229 e. The van der Waals surface area contributed by atoms with Crippen LogP contribution < -0.4 is 0 Å². The number of hydrogen-bond acceptors (Lipinski definition) is 3. The molecule has 25 heavy (non-hydrogen) atoms. The van der Waals surface area contributed by atoms with Crippen LogP contribution in [0.1, 0.15) is 57.8 Å². The van der Waals surface area contributed by atoms with E-state index in [1.165, 1.54) is 76.6 Å². The van der Waals surface area contributed by atoms with Crippen LogP contribution in [-0.4, -0.2) is 59.4 Å². The van der Waals surface area contributed by atoms with E-state index in [2.05, 4.69) is 21.6 Å². The lowest BCUT2D eigenvalue weighted by atomic mass is 9.49. The Morgan fingerprint density at radius 3 is 2.20 bits per heavy atom. The first-order chi connectivity index (χ1) is 12.2. The number of likely N-dealkylation sites (tertiary alicyclic amines) is 1. The average molecular weight is 363 g/mol. The number of thioether (sulfide) groups is 1. The summed E-state index contributed by atoms with van der Waals surface area (Å²) in [5.74, 6) is 5.59. The van der Waals surface area contributed by atoms with Gasteiger partial charge in [0, 0.05) is 18.8 Å². The third-order valence-corrected chi connectivity index (χ3v) is 9.06. The molecule has 4 aliphatic carbocycles. The van der Waals surface area contributed by atoms with Gasteiger partial charge >= 0.3 is 0 Å². The van der Waals surface area contributed by atoms with Crippen LogP contribution in [0.3, 0.4) is 0 Å². The molecule has 6 aliphatic rings. The zero-order valence-electron chi connectivity index (χ0n) is 15.6. The van der Waals surface area contributed by atoms with Crippen molar-refractivity contribution in [3.8, 4) is 0 Å². The first-order valence-electron chi connectivity index (χ1n) is 10.8. The molecule has 0 aromatic carbocycles. The first kappa shape index (κ1) is 16.9. The van der Waals surface area contributed by atoms with E-state index in [-0.39, 0.29) is 5.41 Å². The molecule has 0 N–H and O–H groups in total. The second-order valence-corrected chi connectivity index (χ2v) is 10.9. The minimum Gasteiger partial charge on any atom is -0.337 e. The number of nitrogens with zero attached hydrogens (tertiary/aromatic N) is 2. The van der Waals surface area contributed by atoms with Crippen molar-refractivity contribution in [2.24, 2.45) is 23.2 Å². The Bertz CT molecular complexity index is 481. The molecule has 4 saturated carbocycles. The Balaban J connectivity index is 1.36. The summed E-state index contributed by atoms with van der Waals surface area (Å²) < 4.78 is 0. The maximum absolute atomic E-state index is 13.9. The zero-order valence-corrected chi connectivity index (χ0v) is 16.4. The summed E-state index contributed by atoms with van der Waals surface area (Å²) in [6, 6.07) is 0.464. The van der Waals surface area contributed by atoms with Crippen molar-refractivity contribution in [3.05, 3.63) is 0 Å². The highest BCUT2D eigenvalue weighted by Gasteiger charge is 2.56. The highest BCUT2D eigenvalue weighted by molar-refractivity contribution is 7.99. The van der Waals surface area contributed by atoms with Crippen molar-refractivity contribution in [2.45, 2.75) is 63.8 Å². The SMILES string of the molecule is O=C(N1CCCSCC1CN1CCCC1)C12CC3CC(CC(C3)C1)C2. The average Bonchev–Trinajstić information content (AvgIpc) is 2.98. The molecule has 140 valence electrons. The van der Waals surface area contributed by atoms with E-state index >= 15 is 0 Å². The van der Waals surface area contributed by atoms with Crippen LogP contribution in [0.2, 0.25) is 0 Å². The number of hydrogen-bond donors (Lipinski definition) is 0. The maximum atomic E-state index is 13.9. The first-order valence-corrected chi connectivity index (χ1v) is 12.0. The van der Waals surface area contributed by atoms with Gasteiger partial charge in [-0.2, -0.15) is 11.8 Å². The van der Waals surface area contributed by atoms with E-state index in [9.17, 15) is 4.79 Å². The number of amides is 1. The van der Waals surface area contributed by atoms with Gasteiger partial charge in [0.15, 0.2) is 0 Å². The van der Waals surface area contributed by atoms with Crippen LogP contribution in [-0.2, 0) is 4.79 Å². The van der Waals surface area contributed by atoms with Gasteiger partial charge in [0.1, 0.15) is 0 Å². The molecule has 6 fully saturated rings. The molecule has 1 amide bonds. The molecule has 3 nitrogen and oxygen atoms in total. The van der Waals surface area contributed by atoms with Gasteiger partial charge in [0.05, 0.1) is 11.5 Å². The van der Waals surface area contributed by atoms with E-state index in [1.807, 2.05) is 0 Å². The van der Waals surface area contributed by atoms with Gasteiger partial charge in [-0.05, 0) is 94.4 Å². The number of carbonyl (C=O) groups excluding carboxylic acids is 1. The standard InChI is InChI=1S/C21H34N2OS/c24-20(21-11-16-8-17(12-21)10-18(9-16)13-21)23-6-3-7-25-15-19(23)14-22-4-1-2-5-22/h16-19H,1-15H2. The van der Waals surface area contributed by atoms with Crippen molar-refractivity contribution in [2.75, 3.05) is 37.7 Å². The Labute approximate surface area is 157 Å². The molecule has 1 atom stereocenters. The van der Waals surface area contributed by atoms with Crippen molar-refractivity contribution in [1.82, 2.24) is 9.80 Å². The van der Waals surface area contributed by atoms with Crippen LogP contribution in [0.5, 0.6) is 0 Å². The van der Waals surface area contributed by atoms with Gasteiger partial charge in [0.2, 0.25) is 5.91 Å². The predicted molar refractivity (Wildman–Crippen MR) is 104 cm³/mol. The summed E-state index contributed by atoms with van der Waals surface area (Å²) in [7, 11) is 0. The van der Waals surface area contributed by atoms with Crippen LogP contribution in [0.4, 0.5) is 0 Å². The fraction of sp³-hybridized carbons (Fsp3) is 0.952. The minimum absolute atomic E-state index is 0.0486. The summed E-state index contributed by atoms with van der Waals surface area (Å²) in [6.45, 7) is 4.65. The molecular weight excluding hydrogens is 328 g/mol. The fourth-order valence-electron chi connectivity index (χ4n) is 7.19. The summed E-state index contributed by atoms with van der Waals surface area (Å²) in [5, 5.41) is 0. The molecule has 1 unspecified atom stereocenters. The number of carbonyl (C=O) groups is 1. The normalized spacial score (nSPS) is 44.2. The minimum atomic E-state index is 0.0486. The van der Waals surface area contributed by atoms with Gasteiger partial charge in [-0.3, -0.25) is 4.79 Å². The monoisotopic (exact) mass is 362 g/mol. The topological polar surface area (TPSA) is 23.6 Å². The molecule has 4 bridgehead atoms. The Hall–Kier alpha value is -0.220. The molecule has 4 heteroatoms. The summed E-state index contributed by atoms with van der Waals surface area (Å²) in [6.07, 6.45) is 11.8. The summed E-state index contributed by atoms with van der Waals surface area (Å²) >= 11 is 2.08. The van der Waals surface area contributed by atoms with Crippen LogP contribution in [0.25, 0.3) is 0 Å². The van der Waals surface area contributed by atoms with Crippen molar-refractivity contribution < 1.29 is 4.79 Å². The highest BCUT2D eigenvalue weighted by Crippen LogP contribution is 2.60. The molecule has 2 saturated heterocycles. The van der Waals surface area contributed by atoms with Crippen LogP contribution in [0, 0.1) is 23.2 Å². The molecule has 2 aliphatic heterocycles. The van der Waals surface area contributed by atoms with Crippen molar-refractivity contribution in [3.63, 3.8) is 0 Å². The third kappa shape index (κ3) is 3.16. The van der Waals surface area contributed by atoms with Crippen molar-refractivity contribution >= 4 is 17.7 Å². The molecule has 0 radical (unpaired) electrons. The van der Waals surface area contributed by atoms with E-state index in [4.69, 9.17) is 0 Å². The van der Waals surface area contributed by atoms with Gasteiger partial charge in [-0.1, -0.05) is 0 Å². The Kier molecular flexibility index (Phi) is 4.56. The van der Waals surface area contributed by atoms with Crippen molar-refractivity contribution in [1.29, 1.82) is 0 Å². The van der Waals surface area contributed by atoms with Crippen LogP contribution >= 0.6 is 11.8 Å². The summed E-state index contributed by atoms with van der Waals surface area (Å²) in [5.41, 5.74) is 0.0486. The van der Waals surface area contributed by atoms with Gasteiger partial charge in [-0.25, -0.2) is 0 Å². The summed E-state index contributed by atoms with van der Waals surface area (Å²) in [4.78, 5) is 18.9. The molecule has 0 aromatic heterocycles. The van der Waals surface area contributed by atoms with Gasteiger partial charge in [0.25, 0.3) is 0 Å². The Morgan fingerprint density at radius 1 is 0.920 bits per heavy atom. The zero-order chi connectivity index (χ0) is 16.9. The molecule has 6 rings (SSSR count). The van der Waals surface area contributed by atoms with E-state index in [0.717, 1.165) is 36.6 Å². The Morgan fingerprint density at radius 2 is 1.56 bits per heavy atom. The lowest BCUT2D eigenvalue weighted by Crippen LogP contribution is -2.58. The van der Waals surface area contributed by atoms with E-state index in [1.54, 1.807) is 0 Å². The largest absolute Gasteiger partial charge is 0.337 e. The van der Waals surface area contributed by atoms with E-state index < -0.39 is 0 Å². The highest BCUT2D eigenvalue weighted by atomic mass is 32.2. The van der Waals surface area contributed by atoms with E-state index in [0.29, 0.717) is 11.9 Å².